The van der Waals surface area contributed by atoms with Gasteiger partial charge >= 0.3 is 5.97 Å². The van der Waals surface area contributed by atoms with Crippen molar-refractivity contribution in [1.82, 2.24) is 0 Å². The second-order valence-electron chi connectivity index (χ2n) is 7.99. The summed E-state index contributed by atoms with van der Waals surface area (Å²) < 4.78 is 40.2. The number of hydrogen-bond donors (Lipinski definition) is 0. The number of carbonyl (C=O) groups is 1. The maximum absolute atomic E-state index is 12.4. The molecule has 0 unspecified atom stereocenters. The number of fused-ring (bicyclic) bond motifs is 3. The number of esters is 1. The van der Waals surface area contributed by atoms with E-state index < -0.39 is 48.2 Å². The van der Waals surface area contributed by atoms with Crippen LogP contribution in [0.2, 0.25) is 0 Å². The minimum Gasteiger partial charge on any atom is -0.465 e. The lowest BCUT2D eigenvalue weighted by molar-refractivity contribution is -0.242. The fraction of sp³-hybridized carbons (Fsp3) is 0.600. The Kier molecular flexibility index (Phi) is 5.01. The van der Waals surface area contributed by atoms with E-state index in [1.54, 1.807) is 39.8 Å². The molecule has 9 nitrogen and oxygen atoms in total. The molecule has 5 atom stereocenters. The molecular formula is C20H23NO8. The van der Waals surface area contributed by atoms with Gasteiger partial charge in [0.05, 0.1) is 6.26 Å². The molecule has 0 bridgehead atoms. The first kappa shape index (κ1) is 20.1. The van der Waals surface area contributed by atoms with Gasteiger partial charge < -0.3 is 32.8 Å². The van der Waals surface area contributed by atoms with Gasteiger partial charge in [0.15, 0.2) is 17.9 Å². The van der Waals surface area contributed by atoms with Crippen molar-refractivity contribution >= 4 is 12.0 Å². The minimum atomic E-state index is -0.844. The van der Waals surface area contributed by atoms with E-state index in [0.29, 0.717) is 5.76 Å². The highest BCUT2D eigenvalue weighted by molar-refractivity contribution is 5.97. The number of carbonyl (C=O) groups excluding carboxylic acids is 1. The number of hydrogen-bond acceptors (Lipinski definition) is 9. The van der Waals surface area contributed by atoms with E-state index in [1.165, 1.54) is 12.3 Å². The number of ether oxygens (including phenoxy) is 6. The molecule has 0 amide bonds. The first-order chi connectivity index (χ1) is 13.7. The highest BCUT2D eigenvalue weighted by Crippen LogP contribution is 2.44. The average Bonchev–Trinajstić information content (AvgIpc) is 3.33. The number of rotatable bonds is 4. The number of furan rings is 1. The van der Waals surface area contributed by atoms with Gasteiger partial charge in [0.2, 0.25) is 0 Å². The van der Waals surface area contributed by atoms with Gasteiger partial charge in [0.25, 0.3) is 0 Å². The van der Waals surface area contributed by atoms with Gasteiger partial charge in [-0.1, -0.05) is 0 Å². The fourth-order valence-corrected chi connectivity index (χ4v) is 3.72. The normalized spacial score (nSPS) is 34.9. The van der Waals surface area contributed by atoms with Gasteiger partial charge in [-0.05, 0) is 39.8 Å². The fourth-order valence-electron chi connectivity index (χ4n) is 3.72. The van der Waals surface area contributed by atoms with Gasteiger partial charge in [0.1, 0.15) is 48.4 Å². The third-order valence-corrected chi connectivity index (χ3v) is 4.80. The Morgan fingerprint density at radius 2 is 1.83 bits per heavy atom. The Morgan fingerprint density at radius 1 is 1.14 bits per heavy atom. The molecular weight excluding hydrogens is 382 g/mol. The van der Waals surface area contributed by atoms with Crippen molar-refractivity contribution in [2.45, 2.75) is 70.0 Å². The van der Waals surface area contributed by atoms with Crippen molar-refractivity contribution in [2.75, 3.05) is 6.61 Å². The van der Waals surface area contributed by atoms with Crippen LogP contribution in [-0.4, -0.2) is 54.9 Å². The molecule has 0 saturated carbocycles. The zero-order chi connectivity index (χ0) is 20.8. The van der Waals surface area contributed by atoms with Crippen LogP contribution in [0.15, 0.2) is 28.4 Å². The third-order valence-electron chi connectivity index (χ3n) is 4.80. The SMILES string of the molecule is CC1(C)O[C@H]2[C@@H](O1)[C@@H](COC(=O)/C(C#N)=C/c1ccco1)O[C@@H]1OC(C)(C)O[C@@H]12. The van der Waals surface area contributed by atoms with Crippen LogP contribution in [0.1, 0.15) is 33.5 Å². The predicted molar refractivity (Wildman–Crippen MR) is 95.8 cm³/mol. The molecule has 0 spiro atoms. The van der Waals surface area contributed by atoms with Crippen LogP contribution in [0, 0.1) is 11.3 Å². The summed E-state index contributed by atoms with van der Waals surface area (Å²) in [6.45, 7) is 7.04. The van der Waals surface area contributed by atoms with Crippen LogP contribution in [0.4, 0.5) is 0 Å². The van der Waals surface area contributed by atoms with E-state index in [2.05, 4.69) is 0 Å². The molecule has 0 aromatic carbocycles. The lowest BCUT2D eigenvalue weighted by Gasteiger charge is -2.36. The first-order valence-corrected chi connectivity index (χ1v) is 9.37. The van der Waals surface area contributed by atoms with Crippen LogP contribution in [0.5, 0.6) is 0 Å². The molecule has 0 radical (unpaired) electrons. The zero-order valence-electron chi connectivity index (χ0n) is 16.6. The van der Waals surface area contributed by atoms with E-state index in [0.717, 1.165) is 0 Å². The molecule has 9 heteroatoms. The molecule has 0 aliphatic carbocycles. The molecule has 3 aliphatic heterocycles. The molecule has 3 aliphatic rings. The van der Waals surface area contributed by atoms with Gasteiger partial charge in [-0.3, -0.25) is 0 Å². The molecule has 156 valence electrons. The van der Waals surface area contributed by atoms with Crippen molar-refractivity contribution in [3.63, 3.8) is 0 Å². The summed E-state index contributed by atoms with van der Waals surface area (Å²) >= 11 is 0. The molecule has 3 fully saturated rings. The number of nitriles is 1. The molecule has 1 aromatic rings. The predicted octanol–water partition coefficient (Wildman–Crippen LogP) is 2.13. The molecule has 4 rings (SSSR count). The Bertz CT molecular complexity index is 837. The van der Waals surface area contributed by atoms with Crippen LogP contribution >= 0.6 is 0 Å². The molecule has 4 heterocycles. The van der Waals surface area contributed by atoms with Crippen LogP contribution in [0.25, 0.3) is 6.08 Å². The van der Waals surface area contributed by atoms with Gasteiger partial charge in [-0.2, -0.15) is 5.26 Å². The largest absolute Gasteiger partial charge is 0.465 e. The molecule has 29 heavy (non-hydrogen) atoms. The maximum atomic E-state index is 12.4. The van der Waals surface area contributed by atoms with Crippen molar-refractivity contribution in [2.24, 2.45) is 0 Å². The van der Waals surface area contributed by atoms with Gasteiger partial charge in [-0.25, -0.2) is 4.79 Å². The van der Waals surface area contributed by atoms with Gasteiger partial charge in [-0.15, -0.1) is 0 Å². The van der Waals surface area contributed by atoms with Crippen molar-refractivity contribution < 1.29 is 37.6 Å². The quantitative estimate of drug-likeness (QED) is 0.423. The summed E-state index contributed by atoms with van der Waals surface area (Å²) in [5.41, 5.74) is -0.185. The zero-order valence-corrected chi connectivity index (χ0v) is 16.6. The standard InChI is InChI=1S/C20H23NO8/c1-19(2)26-14-13(25-18-16(15(14)27-19)28-20(3,4)29-18)10-24-17(22)11(9-21)8-12-6-5-7-23-12/h5-8,13-16,18H,10H2,1-4H3/b11-8+/t13-,14+,15+,16-,18-/m1/s1. The summed E-state index contributed by atoms with van der Waals surface area (Å²) in [6.07, 6.45) is 0.0203. The van der Waals surface area contributed by atoms with Crippen LogP contribution in [-0.2, 0) is 33.2 Å². The molecule has 1 aromatic heterocycles. The lowest BCUT2D eigenvalue weighted by Crippen LogP contribution is -2.56. The van der Waals surface area contributed by atoms with E-state index in [1.807, 2.05) is 6.07 Å². The van der Waals surface area contributed by atoms with E-state index in [9.17, 15) is 10.1 Å². The maximum Gasteiger partial charge on any atom is 0.349 e. The third kappa shape index (κ3) is 4.08. The highest BCUT2D eigenvalue weighted by atomic mass is 16.9. The Balaban J connectivity index is 1.47. The van der Waals surface area contributed by atoms with E-state index >= 15 is 0 Å². The van der Waals surface area contributed by atoms with Crippen molar-refractivity contribution in [3.8, 4) is 6.07 Å². The summed E-state index contributed by atoms with van der Waals surface area (Å²) in [4.78, 5) is 12.4. The minimum absolute atomic E-state index is 0.135. The summed E-state index contributed by atoms with van der Waals surface area (Å²) in [5.74, 6) is -2.08. The van der Waals surface area contributed by atoms with E-state index in [-0.39, 0.29) is 12.2 Å². The monoisotopic (exact) mass is 405 g/mol. The molecule has 3 saturated heterocycles. The van der Waals surface area contributed by atoms with Crippen LogP contribution in [0.3, 0.4) is 0 Å². The Morgan fingerprint density at radius 3 is 2.52 bits per heavy atom. The summed E-state index contributed by atoms with van der Waals surface area (Å²) in [5, 5.41) is 9.26. The Hall–Kier alpha value is -2.22. The summed E-state index contributed by atoms with van der Waals surface area (Å²) in [7, 11) is 0. The van der Waals surface area contributed by atoms with Crippen molar-refractivity contribution in [1.29, 1.82) is 5.26 Å². The first-order valence-electron chi connectivity index (χ1n) is 9.37. The van der Waals surface area contributed by atoms with Gasteiger partial charge in [0, 0.05) is 6.08 Å². The summed E-state index contributed by atoms with van der Waals surface area (Å²) in [6, 6.07) is 5.11. The Labute approximate surface area is 168 Å². The average molecular weight is 405 g/mol. The smallest absolute Gasteiger partial charge is 0.349 e. The lowest BCUT2D eigenvalue weighted by atomic mass is 9.99. The second kappa shape index (κ2) is 7.23. The topological polar surface area (TPSA) is 109 Å². The van der Waals surface area contributed by atoms with Crippen molar-refractivity contribution in [3.05, 3.63) is 29.7 Å². The van der Waals surface area contributed by atoms with E-state index in [4.69, 9.17) is 32.8 Å². The molecule has 0 N–H and O–H groups in total. The second-order valence-corrected chi connectivity index (χ2v) is 7.99. The number of nitrogens with zero attached hydrogens (tertiary/aromatic N) is 1. The van der Waals surface area contributed by atoms with Crippen LogP contribution < -0.4 is 0 Å². The highest BCUT2D eigenvalue weighted by Gasteiger charge is 2.60.